The Hall–Kier alpha value is -1.98. The van der Waals surface area contributed by atoms with Crippen LogP contribution in [0, 0.1) is 6.92 Å². The lowest BCUT2D eigenvalue weighted by atomic mass is 10.3. The fourth-order valence-electron chi connectivity index (χ4n) is 1.06. The summed E-state index contributed by atoms with van der Waals surface area (Å²) in [5, 5.41) is 7.43. The summed E-state index contributed by atoms with van der Waals surface area (Å²) in [5.74, 6) is 7.03. The van der Waals surface area contributed by atoms with Crippen LogP contribution >= 0.6 is 0 Å². The molecule has 2 rings (SSSR count). The maximum atomic E-state index is 5.57. The number of furan rings is 1. The SMILES string of the molecule is Cc1cc(-c2nnc(N)n2N)co1. The Morgan fingerprint density at radius 2 is 2.23 bits per heavy atom. The molecule has 13 heavy (non-hydrogen) atoms. The fourth-order valence-corrected chi connectivity index (χ4v) is 1.06. The molecule has 0 unspecified atom stereocenters. The van der Waals surface area contributed by atoms with Crippen LogP contribution in [0.15, 0.2) is 16.7 Å². The van der Waals surface area contributed by atoms with E-state index in [-0.39, 0.29) is 5.95 Å². The van der Waals surface area contributed by atoms with Crippen LogP contribution < -0.4 is 11.6 Å². The van der Waals surface area contributed by atoms with Gasteiger partial charge in [-0.3, -0.25) is 0 Å². The summed E-state index contributed by atoms with van der Waals surface area (Å²) in [4.78, 5) is 0. The zero-order chi connectivity index (χ0) is 9.42. The summed E-state index contributed by atoms with van der Waals surface area (Å²) in [6.07, 6.45) is 1.56. The second-order valence-electron chi connectivity index (χ2n) is 2.70. The van der Waals surface area contributed by atoms with Crippen LogP contribution in [0.2, 0.25) is 0 Å². The molecule has 0 saturated heterocycles. The Balaban J connectivity index is 2.52. The highest BCUT2D eigenvalue weighted by atomic mass is 16.3. The van der Waals surface area contributed by atoms with Gasteiger partial charge in [-0.05, 0) is 13.0 Å². The third-order valence-electron chi connectivity index (χ3n) is 1.71. The average molecular weight is 179 g/mol. The van der Waals surface area contributed by atoms with E-state index in [2.05, 4.69) is 10.2 Å². The van der Waals surface area contributed by atoms with Crippen molar-refractivity contribution in [3.8, 4) is 11.4 Å². The molecule has 0 spiro atoms. The number of anilines is 1. The molecular formula is C7H9N5O. The van der Waals surface area contributed by atoms with Crippen molar-refractivity contribution >= 4 is 5.95 Å². The highest BCUT2D eigenvalue weighted by Gasteiger charge is 2.10. The number of aryl methyl sites for hydroxylation is 1. The molecule has 4 N–H and O–H groups in total. The molecule has 0 aromatic carbocycles. The van der Waals surface area contributed by atoms with Crippen molar-refractivity contribution in [2.75, 3.05) is 11.6 Å². The van der Waals surface area contributed by atoms with E-state index in [1.807, 2.05) is 13.0 Å². The molecule has 0 radical (unpaired) electrons. The molecule has 0 aliphatic heterocycles. The number of rotatable bonds is 1. The molecular weight excluding hydrogens is 170 g/mol. The summed E-state index contributed by atoms with van der Waals surface area (Å²) < 4.78 is 6.32. The molecule has 2 aromatic rings. The Morgan fingerprint density at radius 3 is 2.69 bits per heavy atom. The predicted octanol–water partition coefficient (Wildman–Crippen LogP) is 0.143. The van der Waals surface area contributed by atoms with Crippen molar-refractivity contribution in [2.24, 2.45) is 0 Å². The molecule has 68 valence electrons. The van der Waals surface area contributed by atoms with Crippen molar-refractivity contribution in [1.29, 1.82) is 0 Å². The van der Waals surface area contributed by atoms with E-state index in [0.29, 0.717) is 5.82 Å². The normalized spacial score (nSPS) is 10.5. The smallest absolute Gasteiger partial charge is 0.241 e. The molecule has 6 nitrogen and oxygen atoms in total. The zero-order valence-corrected chi connectivity index (χ0v) is 7.06. The van der Waals surface area contributed by atoms with E-state index in [1.54, 1.807) is 6.26 Å². The highest BCUT2D eigenvalue weighted by Crippen LogP contribution is 2.19. The van der Waals surface area contributed by atoms with E-state index >= 15 is 0 Å². The second-order valence-corrected chi connectivity index (χ2v) is 2.70. The molecule has 2 aromatic heterocycles. The lowest BCUT2D eigenvalue weighted by Crippen LogP contribution is -2.13. The van der Waals surface area contributed by atoms with E-state index in [4.69, 9.17) is 16.0 Å². The van der Waals surface area contributed by atoms with E-state index in [1.165, 1.54) is 4.68 Å². The molecule has 6 heteroatoms. The Labute approximate surface area is 74.1 Å². The van der Waals surface area contributed by atoms with Crippen molar-refractivity contribution in [3.63, 3.8) is 0 Å². The van der Waals surface area contributed by atoms with Crippen LogP contribution in [0.3, 0.4) is 0 Å². The molecule has 0 aliphatic rings. The van der Waals surface area contributed by atoms with Gasteiger partial charge in [0.1, 0.15) is 12.0 Å². The summed E-state index contributed by atoms with van der Waals surface area (Å²) in [5.41, 5.74) is 6.19. The van der Waals surface area contributed by atoms with E-state index < -0.39 is 0 Å². The largest absolute Gasteiger partial charge is 0.469 e. The summed E-state index contributed by atoms with van der Waals surface area (Å²) in [7, 11) is 0. The van der Waals surface area contributed by atoms with Crippen LogP contribution in [-0.2, 0) is 0 Å². The first-order chi connectivity index (χ1) is 6.18. The van der Waals surface area contributed by atoms with Gasteiger partial charge in [0, 0.05) is 0 Å². The molecule has 2 heterocycles. The zero-order valence-electron chi connectivity index (χ0n) is 7.06. The standard InChI is InChI=1S/C7H9N5O/c1-4-2-5(3-13-4)6-10-11-7(8)12(6)9/h2-3H,9H2,1H3,(H2,8,11). The lowest BCUT2D eigenvalue weighted by Gasteiger charge is -1.95. The molecule has 0 bridgehead atoms. The topological polar surface area (TPSA) is 95.9 Å². The fraction of sp³-hybridized carbons (Fsp3) is 0.143. The highest BCUT2D eigenvalue weighted by molar-refractivity contribution is 5.55. The first kappa shape index (κ1) is 7.66. The minimum Gasteiger partial charge on any atom is -0.469 e. The first-order valence-corrected chi connectivity index (χ1v) is 3.70. The number of nitrogens with zero attached hydrogens (tertiary/aromatic N) is 3. The number of nitrogen functional groups attached to an aromatic ring is 2. The van der Waals surface area contributed by atoms with Crippen molar-refractivity contribution in [1.82, 2.24) is 14.9 Å². The average Bonchev–Trinajstić information content (AvgIpc) is 2.62. The van der Waals surface area contributed by atoms with E-state index in [0.717, 1.165) is 11.3 Å². The molecule has 0 fully saturated rings. The molecule has 0 atom stereocenters. The number of hydrogen-bond acceptors (Lipinski definition) is 5. The van der Waals surface area contributed by atoms with Gasteiger partial charge in [0.05, 0.1) is 5.56 Å². The number of hydrogen-bond donors (Lipinski definition) is 2. The Kier molecular flexibility index (Phi) is 1.48. The number of nitrogens with two attached hydrogens (primary N) is 2. The van der Waals surface area contributed by atoms with Crippen molar-refractivity contribution in [2.45, 2.75) is 6.92 Å². The van der Waals surface area contributed by atoms with Gasteiger partial charge >= 0.3 is 0 Å². The van der Waals surface area contributed by atoms with Gasteiger partial charge in [0.2, 0.25) is 5.95 Å². The van der Waals surface area contributed by atoms with Gasteiger partial charge in [-0.15, -0.1) is 10.2 Å². The van der Waals surface area contributed by atoms with Crippen LogP contribution in [-0.4, -0.2) is 14.9 Å². The molecule has 0 amide bonds. The quantitative estimate of drug-likeness (QED) is 0.607. The van der Waals surface area contributed by atoms with Gasteiger partial charge in [-0.2, -0.15) is 0 Å². The van der Waals surface area contributed by atoms with Crippen LogP contribution in [0.4, 0.5) is 5.95 Å². The van der Waals surface area contributed by atoms with Crippen LogP contribution in [0.25, 0.3) is 11.4 Å². The van der Waals surface area contributed by atoms with Crippen molar-refractivity contribution < 1.29 is 4.42 Å². The molecule has 0 saturated carbocycles. The van der Waals surface area contributed by atoms with Crippen molar-refractivity contribution in [3.05, 3.63) is 18.1 Å². The van der Waals surface area contributed by atoms with Crippen LogP contribution in [0.5, 0.6) is 0 Å². The first-order valence-electron chi connectivity index (χ1n) is 3.70. The lowest BCUT2D eigenvalue weighted by molar-refractivity contribution is 0.534. The predicted molar refractivity (Wildman–Crippen MR) is 47.0 cm³/mol. The Morgan fingerprint density at radius 1 is 1.46 bits per heavy atom. The maximum absolute atomic E-state index is 5.57. The van der Waals surface area contributed by atoms with E-state index in [9.17, 15) is 0 Å². The van der Waals surface area contributed by atoms with Gasteiger partial charge in [-0.1, -0.05) is 0 Å². The van der Waals surface area contributed by atoms with Gasteiger partial charge < -0.3 is 16.0 Å². The monoisotopic (exact) mass is 179 g/mol. The maximum Gasteiger partial charge on any atom is 0.241 e. The number of aromatic nitrogens is 3. The third kappa shape index (κ3) is 1.12. The van der Waals surface area contributed by atoms with Gasteiger partial charge in [0.15, 0.2) is 5.82 Å². The Bertz CT molecular complexity index is 430. The second kappa shape index (κ2) is 2.51. The molecule has 0 aliphatic carbocycles. The van der Waals surface area contributed by atoms with Gasteiger partial charge in [-0.25, -0.2) is 4.68 Å². The summed E-state index contributed by atoms with van der Waals surface area (Å²) >= 11 is 0. The summed E-state index contributed by atoms with van der Waals surface area (Å²) in [6.45, 7) is 1.84. The minimum absolute atomic E-state index is 0.175. The minimum atomic E-state index is 0.175. The summed E-state index contributed by atoms with van der Waals surface area (Å²) in [6, 6.07) is 1.81. The third-order valence-corrected chi connectivity index (χ3v) is 1.71. The van der Waals surface area contributed by atoms with Crippen LogP contribution in [0.1, 0.15) is 5.76 Å². The van der Waals surface area contributed by atoms with Gasteiger partial charge in [0.25, 0.3) is 0 Å².